The highest BCUT2D eigenvalue weighted by Gasteiger charge is 2.12. The van der Waals surface area contributed by atoms with Crippen molar-refractivity contribution in [3.8, 4) is 0 Å². The highest BCUT2D eigenvalue weighted by molar-refractivity contribution is 5.42. The monoisotopic (exact) mass is 279 g/mol. The highest BCUT2D eigenvalue weighted by Crippen LogP contribution is 2.08. The zero-order chi connectivity index (χ0) is 13.8. The lowest BCUT2D eigenvalue weighted by atomic mass is 10.1. The Morgan fingerprint density at radius 2 is 2.25 bits per heavy atom. The number of ether oxygens (including phenoxy) is 1. The van der Waals surface area contributed by atoms with Gasteiger partial charge in [0.1, 0.15) is 5.82 Å². The number of anilines is 1. The standard InChI is InChI=1S/C13H18FN5O/c14-10-1-2-12-17-13(18-19(12)9-10)16-7-8-20-11-3-5-15-6-4-11/h1-2,9,11,15H,3-8H2,(H,16,18). The third-order valence-electron chi connectivity index (χ3n) is 3.32. The summed E-state index contributed by atoms with van der Waals surface area (Å²) in [5, 5.41) is 10.5. The topological polar surface area (TPSA) is 63.5 Å². The van der Waals surface area contributed by atoms with Crippen LogP contribution in [0.1, 0.15) is 12.8 Å². The van der Waals surface area contributed by atoms with Crippen molar-refractivity contribution in [3.05, 3.63) is 24.1 Å². The molecule has 3 rings (SSSR count). The number of fused-ring (bicyclic) bond motifs is 1. The molecule has 3 heterocycles. The van der Waals surface area contributed by atoms with E-state index in [9.17, 15) is 4.39 Å². The molecule has 0 spiro atoms. The smallest absolute Gasteiger partial charge is 0.243 e. The van der Waals surface area contributed by atoms with Gasteiger partial charge in [0.15, 0.2) is 5.65 Å². The Kier molecular flexibility index (Phi) is 4.08. The normalized spacial score (nSPS) is 16.6. The van der Waals surface area contributed by atoms with Crippen LogP contribution in [0.15, 0.2) is 18.3 Å². The Balaban J connectivity index is 1.47. The van der Waals surface area contributed by atoms with Gasteiger partial charge in [0.2, 0.25) is 5.95 Å². The summed E-state index contributed by atoms with van der Waals surface area (Å²) in [7, 11) is 0. The van der Waals surface area contributed by atoms with Crippen LogP contribution in [-0.2, 0) is 4.74 Å². The zero-order valence-corrected chi connectivity index (χ0v) is 11.2. The van der Waals surface area contributed by atoms with E-state index in [1.54, 1.807) is 6.07 Å². The average Bonchev–Trinajstić information content (AvgIpc) is 2.86. The number of hydrogen-bond acceptors (Lipinski definition) is 5. The highest BCUT2D eigenvalue weighted by atomic mass is 19.1. The molecule has 2 aromatic rings. The predicted molar refractivity (Wildman–Crippen MR) is 73.3 cm³/mol. The Bertz CT molecular complexity index is 567. The number of piperidine rings is 1. The fourth-order valence-corrected chi connectivity index (χ4v) is 2.28. The van der Waals surface area contributed by atoms with Gasteiger partial charge in [0.25, 0.3) is 0 Å². The lowest BCUT2D eigenvalue weighted by molar-refractivity contribution is 0.0394. The molecule has 108 valence electrons. The first-order valence-corrected chi connectivity index (χ1v) is 6.89. The Hall–Kier alpha value is -1.73. The summed E-state index contributed by atoms with van der Waals surface area (Å²) in [6.07, 6.45) is 3.78. The van der Waals surface area contributed by atoms with Crippen molar-refractivity contribution in [1.82, 2.24) is 19.9 Å². The summed E-state index contributed by atoms with van der Waals surface area (Å²) in [6, 6.07) is 2.97. The third kappa shape index (κ3) is 3.23. The predicted octanol–water partition coefficient (Wildman–Crippen LogP) is 1.05. The summed E-state index contributed by atoms with van der Waals surface area (Å²) in [5.41, 5.74) is 0.619. The fourth-order valence-electron chi connectivity index (χ4n) is 2.28. The fraction of sp³-hybridized carbons (Fsp3) is 0.538. The molecular formula is C13H18FN5O. The first-order valence-electron chi connectivity index (χ1n) is 6.89. The second-order valence-corrected chi connectivity index (χ2v) is 4.83. The van der Waals surface area contributed by atoms with Gasteiger partial charge in [-0.2, -0.15) is 4.98 Å². The first kappa shape index (κ1) is 13.3. The molecule has 0 radical (unpaired) electrons. The number of nitrogens with zero attached hydrogens (tertiary/aromatic N) is 3. The van der Waals surface area contributed by atoms with E-state index in [2.05, 4.69) is 20.7 Å². The number of aromatic nitrogens is 3. The maximum atomic E-state index is 13.0. The molecule has 1 saturated heterocycles. The van der Waals surface area contributed by atoms with Crippen LogP contribution in [0.3, 0.4) is 0 Å². The van der Waals surface area contributed by atoms with Gasteiger partial charge in [-0.25, -0.2) is 8.91 Å². The van der Waals surface area contributed by atoms with E-state index in [4.69, 9.17) is 4.74 Å². The molecule has 0 atom stereocenters. The second kappa shape index (κ2) is 6.15. The first-order chi connectivity index (χ1) is 9.81. The van der Waals surface area contributed by atoms with Gasteiger partial charge < -0.3 is 15.4 Å². The Labute approximate surface area is 116 Å². The summed E-state index contributed by atoms with van der Waals surface area (Å²) in [4.78, 5) is 4.25. The second-order valence-electron chi connectivity index (χ2n) is 4.83. The SMILES string of the molecule is Fc1ccc2nc(NCCOC3CCNCC3)nn2c1. The third-order valence-corrected chi connectivity index (χ3v) is 3.32. The molecular weight excluding hydrogens is 261 g/mol. The van der Waals surface area contributed by atoms with Gasteiger partial charge in [0.05, 0.1) is 18.9 Å². The molecule has 0 amide bonds. The van der Waals surface area contributed by atoms with E-state index < -0.39 is 0 Å². The minimum Gasteiger partial charge on any atom is -0.376 e. The number of nitrogens with one attached hydrogen (secondary N) is 2. The lowest BCUT2D eigenvalue weighted by Crippen LogP contribution is -2.33. The summed E-state index contributed by atoms with van der Waals surface area (Å²) in [5.74, 6) is 0.160. The van der Waals surface area contributed by atoms with Crippen molar-refractivity contribution in [1.29, 1.82) is 0 Å². The van der Waals surface area contributed by atoms with Crippen LogP contribution in [0.5, 0.6) is 0 Å². The molecule has 1 aliphatic rings. The number of halogens is 1. The molecule has 0 aliphatic carbocycles. The maximum absolute atomic E-state index is 13.0. The number of hydrogen-bond donors (Lipinski definition) is 2. The lowest BCUT2D eigenvalue weighted by Gasteiger charge is -2.22. The molecule has 2 N–H and O–H groups in total. The van der Waals surface area contributed by atoms with Crippen molar-refractivity contribution in [2.45, 2.75) is 18.9 Å². The molecule has 0 unspecified atom stereocenters. The van der Waals surface area contributed by atoms with Crippen molar-refractivity contribution in [2.75, 3.05) is 31.6 Å². The van der Waals surface area contributed by atoms with Crippen molar-refractivity contribution < 1.29 is 9.13 Å². The van der Waals surface area contributed by atoms with Gasteiger partial charge >= 0.3 is 0 Å². The molecule has 1 aliphatic heterocycles. The van der Waals surface area contributed by atoms with Gasteiger partial charge in [-0.3, -0.25) is 0 Å². The zero-order valence-electron chi connectivity index (χ0n) is 11.2. The van der Waals surface area contributed by atoms with E-state index in [1.165, 1.54) is 16.8 Å². The molecule has 6 nitrogen and oxygen atoms in total. The molecule has 20 heavy (non-hydrogen) atoms. The van der Waals surface area contributed by atoms with Gasteiger partial charge in [-0.05, 0) is 38.1 Å². The van der Waals surface area contributed by atoms with Crippen LogP contribution in [-0.4, -0.2) is 46.9 Å². The molecule has 1 fully saturated rings. The van der Waals surface area contributed by atoms with Crippen molar-refractivity contribution in [3.63, 3.8) is 0 Å². The summed E-state index contributed by atoms with van der Waals surface area (Å²) >= 11 is 0. The quantitative estimate of drug-likeness (QED) is 0.801. The maximum Gasteiger partial charge on any atom is 0.243 e. The average molecular weight is 279 g/mol. The largest absolute Gasteiger partial charge is 0.376 e. The molecule has 2 aromatic heterocycles. The van der Waals surface area contributed by atoms with Gasteiger partial charge in [-0.1, -0.05) is 0 Å². The van der Waals surface area contributed by atoms with Crippen molar-refractivity contribution >= 4 is 11.6 Å². The van der Waals surface area contributed by atoms with Crippen LogP contribution in [0, 0.1) is 5.82 Å². The van der Waals surface area contributed by atoms with E-state index >= 15 is 0 Å². The number of pyridine rings is 1. The van der Waals surface area contributed by atoms with Gasteiger partial charge in [0, 0.05) is 6.54 Å². The van der Waals surface area contributed by atoms with Crippen molar-refractivity contribution in [2.24, 2.45) is 0 Å². The van der Waals surface area contributed by atoms with E-state index in [1.807, 2.05) is 0 Å². The van der Waals surface area contributed by atoms with Crippen LogP contribution < -0.4 is 10.6 Å². The minimum absolute atomic E-state index is 0.330. The van der Waals surface area contributed by atoms with Crippen LogP contribution >= 0.6 is 0 Å². The van der Waals surface area contributed by atoms with E-state index in [-0.39, 0.29) is 5.82 Å². The molecule has 0 aromatic carbocycles. The van der Waals surface area contributed by atoms with Gasteiger partial charge in [-0.15, -0.1) is 5.10 Å². The molecule has 0 saturated carbocycles. The van der Waals surface area contributed by atoms with Crippen LogP contribution in [0.2, 0.25) is 0 Å². The van der Waals surface area contributed by atoms with Crippen LogP contribution in [0.25, 0.3) is 5.65 Å². The van der Waals surface area contributed by atoms with Crippen LogP contribution in [0.4, 0.5) is 10.3 Å². The summed E-state index contributed by atoms with van der Waals surface area (Å²) < 4.78 is 20.2. The minimum atomic E-state index is -0.330. The summed E-state index contributed by atoms with van der Waals surface area (Å²) in [6.45, 7) is 3.31. The Morgan fingerprint density at radius 1 is 1.40 bits per heavy atom. The molecule has 0 bridgehead atoms. The van der Waals surface area contributed by atoms with E-state index in [0.29, 0.717) is 30.9 Å². The van der Waals surface area contributed by atoms with E-state index in [0.717, 1.165) is 25.9 Å². The number of rotatable bonds is 5. The Morgan fingerprint density at radius 3 is 3.10 bits per heavy atom. The molecule has 7 heteroatoms.